The molecule has 34 heavy (non-hydrogen) atoms. The van der Waals surface area contributed by atoms with Crippen LogP contribution < -0.4 is 10.1 Å². The molecule has 0 spiro atoms. The van der Waals surface area contributed by atoms with Crippen molar-refractivity contribution < 1.29 is 9.53 Å². The zero-order chi connectivity index (χ0) is 23.8. The largest absolute Gasteiger partial charge is 0.497 e. The number of benzene rings is 3. The molecule has 174 valence electrons. The standard InChI is InChI=1S/C27H28N4O2S/c1-20(13-14-21-9-5-3-6-10-21)28-25(32)19-34-27-30-29-26(22-15-17-24(33-2)18-16-22)31(27)23-11-7-4-8-12-23/h3-12,15-18,20H,13-14,19H2,1-2H3,(H,28,32). The number of amides is 1. The van der Waals surface area contributed by atoms with Crippen molar-refractivity contribution in [3.05, 3.63) is 90.5 Å². The molecule has 7 heteroatoms. The number of carbonyl (C=O) groups excluding carboxylic acids is 1. The predicted molar refractivity (Wildman–Crippen MR) is 136 cm³/mol. The van der Waals surface area contributed by atoms with Gasteiger partial charge in [0.05, 0.1) is 12.9 Å². The number of carbonyl (C=O) groups is 1. The van der Waals surface area contributed by atoms with Crippen molar-refractivity contribution in [2.45, 2.75) is 31.0 Å². The molecule has 6 nitrogen and oxygen atoms in total. The number of aryl methyl sites for hydroxylation is 1. The molecular weight excluding hydrogens is 444 g/mol. The van der Waals surface area contributed by atoms with E-state index in [0.29, 0.717) is 11.0 Å². The molecular formula is C27H28N4O2S. The van der Waals surface area contributed by atoms with Crippen LogP contribution in [0.4, 0.5) is 0 Å². The Morgan fingerprint density at radius 1 is 0.971 bits per heavy atom. The molecule has 1 unspecified atom stereocenters. The van der Waals surface area contributed by atoms with Gasteiger partial charge in [-0.1, -0.05) is 60.3 Å². The lowest BCUT2D eigenvalue weighted by Gasteiger charge is -2.14. The van der Waals surface area contributed by atoms with Crippen LogP contribution in [0, 0.1) is 0 Å². The molecule has 0 saturated heterocycles. The Hall–Kier alpha value is -3.58. The minimum Gasteiger partial charge on any atom is -0.497 e. The molecule has 1 aromatic heterocycles. The molecule has 4 aromatic rings. The number of hydrogen-bond acceptors (Lipinski definition) is 5. The SMILES string of the molecule is COc1ccc(-c2nnc(SCC(=O)NC(C)CCc3ccccc3)n2-c2ccccc2)cc1. The summed E-state index contributed by atoms with van der Waals surface area (Å²) in [6, 6.07) is 28.1. The maximum absolute atomic E-state index is 12.6. The van der Waals surface area contributed by atoms with Gasteiger partial charge in [0.25, 0.3) is 0 Å². The van der Waals surface area contributed by atoms with E-state index in [-0.39, 0.29) is 17.7 Å². The molecule has 0 aliphatic heterocycles. The van der Waals surface area contributed by atoms with Crippen molar-refractivity contribution >= 4 is 17.7 Å². The van der Waals surface area contributed by atoms with Gasteiger partial charge in [-0.2, -0.15) is 0 Å². The number of ether oxygens (including phenoxy) is 1. The Kier molecular flexibility index (Phi) is 7.99. The van der Waals surface area contributed by atoms with Gasteiger partial charge in [-0.05, 0) is 61.7 Å². The highest BCUT2D eigenvalue weighted by molar-refractivity contribution is 7.99. The number of hydrogen-bond donors (Lipinski definition) is 1. The molecule has 0 aliphatic rings. The average molecular weight is 473 g/mol. The second-order valence-corrected chi connectivity index (χ2v) is 8.93. The first-order valence-electron chi connectivity index (χ1n) is 11.3. The molecule has 1 heterocycles. The molecule has 1 amide bonds. The molecule has 0 saturated carbocycles. The monoisotopic (exact) mass is 472 g/mol. The van der Waals surface area contributed by atoms with E-state index in [4.69, 9.17) is 4.74 Å². The fourth-order valence-corrected chi connectivity index (χ4v) is 4.41. The summed E-state index contributed by atoms with van der Waals surface area (Å²) in [5.41, 5.74) is 3.14. The Balaban J connectivity index is 1.44. The van der Waals surface area contributed by atoms with Gasteiger partial charge in [-0.3, -0.25) is 9.36 Å². The van der Waals surface area contributed by atoms with Crippen LogP contribution in [-0.2, 0) is 11.2 Å². The second kappa shape index (κ2) is 11.5. The van der Waals surface area contributed by atoms with E-state index >= 15 is 0 Å². The molecule has 3 aromatic carbocycles. The number of rotatable bonds is 10. The number of thioether (sulfide) groups is 1. The van der Waals surface area contributed by atoms with Gasteiger partial charge in [0.1, 0.15) is 5.75 Å². The third-order valence-electron chi connectivity index (χ3n) is 5.44. The molecule has 0 fully saturated rings. The maximum atomic E-state index is 12.6. The van der Waals surface area contributed by atoms with Crippen LogP contribution in [0.25, 0.3) is 17.1 Å². The summed E-state index contributed by atoms with van der Waals surface area (Å²) < 4.78 is 7.26. The summed E-state index contributed by atoms with van der Waals surface area (Å²) >= 11 is 1.38. The van der Waals surface area contributed by atoms with E-state index in [9.17, 15) is 4.79 Å². The number of nitrogens with one attached hydrogen (secondary N) is 1. The third kappa shape index (κ3) is 6.05. The van der Waals surface area contributed by atoms with Crippen LogP contribution >= 0.6 is 11.8 Å². The van der Waals surface area contributed by atoms with E-state index in [2.05, 4.69) is 27.6 Å². The third-order valence-corrected chi connectivity index (χ3v) is 6.37. The summed E-state index contributed by atoms with van der Waals surface area (Å²) in [7, 11) is 1.64. The van der Waals surface area contributed by atoms with Crippen molar-refractivity contribution in [3.8, 4) is 22.8 Å². The molecule has 0 radical (unpaired) electrons. The molecule has 4 rings (SSSR count). The minimum absolute atomic E-state index is 0.0147. The Morgan fingerprint density at radius 2 is 1.65 bits per heavy atom. The van der Waals surface area contributed by atoms with E-state index < -0.39 is 0 Å². The second-order valence-electron chi connectivity index (χ2n) is 7.99. The van der Waals surface area contributed by atoms with Gasteiger partial charge < -0.3 is 10.1 Å². The van der Waals surface area contributed by atoms with Gasteiger partial charge in [0.2, 0.25) is 5.91 Å². The normalized spacial score (nSPS) is 11.7. The van der Waals surface area contributed by atoms with Gasteiger partial charge in [-0.25, -0.2) is 0 Å². The van der Waals surface area contributed by atoms with E-state index in [1.54, 1.807) is 7.11 Å². The van der Waals surface area contributed by atoms with Crippen molar-refractivity contribution in [1.29, 1.82) is 0 Å². The number of methoxy groups -OCH3 is 1. The lowest BCUT2D eigenvalue weighted by molar-refractivity contribution is -0.119. The zero-order valence-electron chi connectivity index (χ0n) is 19.3. The lowest BCUT2D eigenvalue weighted by atomic mass is 10.1. The van der Waals surface area contributed by atoms with Crippen molar-refractivity contribution in [1.82, 2.24) is 20.1 Å². The van der Waals surface area contributed by atoms with Gasteiger partial charge >= 0.3 is 0 Å². The molecule has 0 aliphatic carbocycles. The topological polar surface area (TPSA) is 69.0 Å². The average Bonchev–Trinajstić information content (AvgIpc) is 3.31. The number of para-hydroxylation sites is 1. The summed E-state index contributed by atoms with van der Waals surface area (Å²) in [4.78, 5) is 12.6. The van der Waals surface area contributed by atoms with Gasteiger partial charge in [0, 0.05) is 17.3 Å². The van der Waals surface area contributed by atoms with Gasteiger partial charge in [0.15, 0.2) is 11.0 Å². The van der Waals surface area contributed by atoms with E-state index in [0.717, 1.165) is 29.8 Å². The quantitative estimate of drug-likeness (QED) is 0.322. The lowest BCUT2D eigenvalue weighted by Crippen LogP contribution is -2.34. The first-order valence-corrected chi connectivity index (χ1v) is 12.2. The fraction of sp³-hybridized carbons (Fsp3) is 0.222. The van der Waals surface area contributed by atoms with Crippen LogP contribution in [0.1, 0.15) is 18.9 Å². The number of aromatic nitrogens is 3. The predicted octanol–water partition coefficient (Wildman–Crippen LogP) is 5.17. The van der Waals surface area contributed by atoms with Crippen LogP contribution in [0.2, 0.25) is 0 Å². The summed E-state index contributed by atoms with van der Waals surface area (Å²) in [6.07, 6.45) is 1.82. The van der Waals surface area contributed by atoms with Crippen molar-refractivity contribution in [3.63, 3.8) is 0 Å². The Bertz CT molecular complexity index is 1190. The van der Waals surface area contributed by atoms with Crippen LogP contribution in [0.3, 0.4) is 0 Å². The van der Waals surface area contributed by atoms with Crippen LogP contribution in [-0.4, -0.2) is 39.6 Å². The molecule has 0 bridgehead atoms. The van der Waals surface area contributed by atoms with Crippen molar-refractivity contribution in [2.24, 2.45) is 0 Å². The molecule has 1 N–H and O–H groups in total. The highest BCUT2D eigenvalue weighted by Gasteiger charge is 2.18. The summed E-state index contributed by atoms with van der Waals surface area (Å²) in [5, 5.41) is 12.6. The van der Waals surface area contributed by atoms with Crippen molar-refractivity contribution in [2.75, 3.05) is 12.9 Å². The number of nitrogens with zero attached hydrogens (tertiary/aromatic N) is 3. The Labute approximate surface area is 204 Å². The van der Waals surface area contributed by atoms with E-state index in [1.807, 2.05) is 84.3 Å². The van der Waals surface area contributed by atoms with Crippen LogP contribution in [0.15, 0.2) is 90.1 Å². The highest BCUT2D eigenvalue weighted by Crippen LogP contribution is 2.29. The van der Waals surface area contributed by atoms with Gasteiger partial charge in [-0.15, -0.1) is 10.2 Å². The Morgan fingerprint density at radius 3 is 2.32 bits per heavy atom. The highest BCUT2D eigenvalue weighted by atomic mass is 32.2. The first kappa shape index (κ1) is 23.6. The molecule has 1 atom stereocenters. The van der Waals surface area contributed by atoms with E-state index in [1.165, 1.54) is 17.3 Å². The maximum Gasteiger partial charge on any atom is 0.230 e. The van der Waals surface area contributed by atoms with Crippen LogP contribution in [0.5, 0.6) is 5.75 Å². The fourth-order valence-electron chi connectivity index (χ4n) is 3.65. The summed E-state index contributed by atoms with van der Waals surface area (Å²) in [5.74, 6) is 1.75. The first-order chi connectivity index (χ1) is 16.6. The summed E-state index contributed by atoms with van der Waals surface area (Å²) in [6.45, 7) is 2.04. The zero-order valence-corrected chi connectivity index (χ0v) is 20.2. The minimum atomic E-state index is -0.0147. The smallest absolute Gasteiger partial charge is 0.230 e.